The molecule has 1 saturated heterocycles. The molecule has 2 aromatic rings. The van der Waals surface area contributed by atoms with Crippen LogP contribution in [0.3, 0.4) is 0 Å². The zero-order valence-electron chi connectivity index (χ0n) is 17.0. The van der Waals surface area contributed by atoms with E-state index in [0.717, 1.165) is 12.1 Å². The van der Waals surface area contributed by atoms with Gasteiger partial charge in [0.2, 0.25) is 6.29 Å². The lowest BCUT2D eigenvalue weighted by Crippen LogP contribution is -2.61. The number of carboxylic acid groups (broad SMARTS) is 1. The van der Waals surface area contributed by atoms with Crippen LogP contribution in [-0.4, -0.2) is 80.3 Å². The fraction of sp³-hybridized carbons (Fsp3) is 0.250. The second-order valence-electron chi connectivity index (χ2n) is 7.18. The van der Waals surface area contributed by atoms with Crippen LogP contribution >= 0.6 is 0 Å². The van der Waals surface area contributed by atoms with Gasteiger partial charge in [-0.15, -0.1) is 0 Å². The van der Waals surface area contributed by atoms with E-state index in [1.54, 1.807) is 0 Å². The number of aliphatic hydroxyl groups is 3. The van der Waals surface area contributed by atoms with E-state index in [-0.39, 0.29) is 34.1 Å². The van der Waals surface area contributed by atoms with Gasteiger partial charge in [0.05, 0.1) is 0 Å². The van der Waals surface area contributed by atoms with Crippen molar-refractivity contribution >= 4 is 28.5 Å². The Bertz CT molecular complexity index is 1190. The molecule has 0 spiro atoms. The zero-order chi connectivity index (χ0) is 25.2. The number of phenols is 2. The van der Waals surface area contributed by atoms with Gasteiger partial charge < -0.3 is 44.3 Å². The summed E-state index contributed by atoms with van der Waals surface area (Å²) in [7, 11) is -4.83. The van der Waals surface area contributed by atoms with Gasteiger partial charge in [0.1, 0.15) is 41.3 Å². The maximum atomic E-state index is 11.3. The molecule has 34 heavy (non-hydrogen) atoms. The molecule has 0 aromatic heterocycles. The largest absolute Gasteiger partial charge is 0.508 e. The molecule has 0 aliphatic carbocycles. The summed E-state index contributed by atoms with van der Waals surface area (Å²) in [5.41, 5.74) is 0.456. The van der Waals surface area contributed by atoms with Crippen molar-refractivity contribution in [2.75, 3.05) is 0 Å². The molecule has 1 heterocycles. The first-order valence-electron chi connectivity index (χ1n) is 9.45. The van der Waals surface area contributed by atoms with E-state index in [4.69, 9.17) is 19.1 Å². The number of hydrogen-bond acceptors (Lipinski definition) is 11. The Morgan fingerprint density at radius 3 is 2.29 bits per heavy atom. The second kappa shape index (κ2) is 9.84. The summed E-state index contributed by atoms with van der Waals surface area (Å²) in [6.45, 7) is 0. The van der Waals surface area contributed by atoms with Crippen molar-refractivity contribution < 1.29 is 62.1 Å². The highest BCUT2D eigenvalue weighted by Gasteiger charge is 2.48. The smallest absolute Gasteiger partial charge is 0.446 e. The predicted octanol–water partition coefficient (Wildman–Crippen LogP) is -0.279. The number of aromatic hydroxyl groups is 2. The number of carboxylic acids is 1. The average Bonchev–Trinajstić information content (AvgIpc) is 2.71. The Morgan fingerprint density at radius 1 is 0.941 bits per heavy atom. The first-order chi connectivity index (χ1) is 15.8. The number of phenolic OH excluding ortho intramolecular Hbond substituents is 2. The van der Waals surface area contributed by atoms with E-state index in [1.807, 2.05) is 0 Å². The zero-order valence-corrected chi connectivity index (χ0v) is 17.8. The number of carbonyl (C=O) groups is 1. The van der Waals surface area contributed by atoms with Gasteiger partial charge in [-0.2, -0.15) is 8.42 Å². The molecule has 0 bridgehead atoms. The van der Waals surface area contributed by atoms with Gasteiger partial charge in [-0.3, -0.25) is 4.55 Å². The maximum Gasteiger partial charge on any atom is 0.446 e. The quantitative estimate of drug-likeness (QED) is 0.192. The number of aliphatic carboxylic acids is 1. The molecule has 0 amide bonds. The molecule has 14 heteroatoms. The van der Waals surface area contributed by atoms with Crippen molar-refractivity contribution in [3.63, 3.8) is 0 Å². The van der Waals surface area contributed by atoms with Crippen LogP contribution in [-0.2, 0) is 19.9 Å². The molecule has 3 rings (SSSR count). The van der Waals surface area contributed by atoms with Gasteiger partial charge in [0.25, 0.3) is 0 Å². The minimum Gasteiger partial charge on any atom is -0.508 e. The van der Waals surface area contributed by atoms with E-state index >= 15 is 0 Å². The summed E-state index contributed by atoms with van der Waals surface area (Å²) in [6, 6.07) is 7.11. The molecule has 0 unspecified atom stereocenters. The molecule has 1 aliphatic heterocycles. The SMILES string of the molecule is O=C(O)[C@@H]1O[C@@H](Oc2cc(O)ccc2/C=C/c2cc(O)cc(OS(=O)(=O)O)c2)[C@H](O)[C@H](O)[C@@H]1O. The number of hydrogen-bond donors (Lipinski definition) is 7. The minimum absolute atomic E-state index is 0.123. The van der Waals surface area contributed by atoms with Crippen molar-refractivity contribution in [1.82, 2.24) is 0 Å². The molecule has 5 atom stereocenters. The topological polar surface area (TPSA) is 221 Å². The van der Waals surface area contributed by atoms with E-state index in [9.17, 15) is 38.7 Å². The standard InChI is InChI=1S/C20H20O13S/c21-11-4-3-10(2-1-9-5-12(22)7-13(6-9)33-34(28,29)30)14(8-11)31-20-17(25)15(23)16(24)18(32-20)19(26)27/h1-8,15-18,20-25H,(H,26,27)(H,28,29,30)/b2-1+/t15-,16+,17-,18-,20-/m1/s1. The second-order valence-corrected chi connectivity index (χ2v) is 8.20. The van der Waals surface area contributed by atoms with Gasteiger partial charge in [0, 0.05) is 17.7 Å². The molecule has 1 fully saturated rings. The van der Waals surface area contributed by atoms with Crippen molar-refractivity contribution in [3.8, 4) is 23.0 Å². The third kappa shape index (κ3) is 6.13. The van der Waals surface area contributed by atoms with E-state index < -0.39 is 47.1 Å². The lowest BCUT2D eigenvalue weighted by atomic mass is 9.99. The van der Waals surface area contributed by atoms with Gasteiger partial charge in [-0.25, -0.2) is 4.79 Å². The average molecular weight is 500 g/mol. The third-order valence-electron chi connectivity index (χ3n) is 4.62. The van der Waals surface area contributed by atoms with Crippen LogP contribution in [0.25, 0.3) is 12.2 Å². The summed E-state index contributed by atoms with van der Waals surface area (Å²) >= 11 is 0. The number of aliphatic hydroxyl groups excluding tert-OH is 3. The Balaban J connectivity index is 1.89. The summed E-state index contributed by atoms with van der Waals surface area (Å²) in [5.74, 6) is -2.75. The summed E-state index contributed by atoms with van der Waals surface area (Å²) in [4.78, 5) is 11.3. The van der Waals surface area contributed by atoms with Crippen molar-refractivity contribution in [2.24, 2.45) is 0 Å². The summed E-state index contributed by atoms with van der Waals surface area (Å²) in [6.07, 6.45) is -6.53. The number of rotatable bonds is 7. The molecule has 2 aromatic carbocycles. The van der Waals surface area contributed by atoms with Gasteiger partial charge in [0.15, 0.2) is 6.10 Å². The highest BCUT2D eigenvalue weighted by atomic mass is 32.3. The van der Waals surface area contributed by atoms with Crippen molar-refractivity contribution in [3.05, 3.63) is 47.5 Å². The molecule has 1 aliphatic rings. The van der Waals surface area contributed by atoms with Crippen LogP contribution < -0.4 is 8.92 Å². The Hall–Kier alpha value is -3.40. The van der Waals surface area contributed by atoms with Crippen LogP contribution in [0, 0.1) is 0 Å². The van der Waals surface area contributed by atoms with Crippen LogP contribution in [0.1, 0.15) is 11.1 Å². The molecule has 13 nitrogen and oxygen atoms in total. The normalized spacial score (nSPS) is 25.2. The highest BCUT2D eigenvalue weighted by molar-refractivity contribution is 7.81. The van der Waals surface area contributed by atoms with E-state index in [1.165, 1.54) is 36.4 Å². The van der Waals surface area contributed by atoms with Gasteiger partial charge in [-0.1, -0.05) is 12.2 Å². The molecule has 184 valence electrons. The van der Waals surface area contributed by atoms with Crippen LogP contribution in [0.2, 0.25) is 0 Å². The van der Waals surface area contributed by atoms with Gasteiger partial charge >= 0.3 is 16.4 Å². The Labute approximate surface area is 192 Å². The van der Waals surface area contributed by atoms with Gasteiger partial charge in [-0.05, 0) is 29.8 Å². The minimum atomic E-state index is -4.83. The van der Waals surface area contributed by atoms with Crippen LogP contribution in [0.5, 0.6) is 23.0 Å². The Morgan fingerprint density at radius 2 is 1.65 bits per heavy atom. The summed E-state index contributed by atoms with van der Waals surface area (Å²) < 4.78 is 45.4. The Kier molecular flexibility index (Phi) is 7.30. The lowest BCUT2D eigenvalue weighted by Gasteiger charge is -2.38. The molecule has 0 saturated carbocycles. The van der Waals surface area contributed by atoms with E-state index in [2.05, 4.69) is 4.18 Å². The molecular weight excluding hydrogens is 480 g/mol. The summed E-state index contributed by atoms with van der Waals surface area (Å²) in [5, 5.41) is 58.6. The van der Waals surface area contributed by atoms with E-state index in [0.29, 0.717) is 0 Å². The van der Waals surface area contributed by atoms with Crippen molar-refractivity contribution in [1.29, 1.82) is 0 Å². The monoisotopic (exact) mass is 500 g/mol. The van der Waals surface area contributed by atoms with Crippen molar-refractivity contribution in [2.45, 2.75) is 30.7 Å². The van der Waals surface area contributed by atoms with Crippen LogP contribution in [0.4, 0.5) is 0 Å². The lowest BCUT2D eigenvalue weighted by molar-refractivity contribution is -0.271. The molecular formula is C20H20O13S. The fourth-order valence-corrected chi connectivity index (χ4v) is 3.43. The highest BCUT2D eigenvalue weighted by Crippen LogP contribution is 2.31. The first-order valence-corrected chi connectivity index (χ1v) is 10.8. The molecule has 0 radical (unpaired) electrons. The van der Waals surface area contributed by atoms with Crippen LogP contribution in [0.15, 0.2) is 36.4 Å². The molecule has 7 N–H and O–H groups in total. The first kappa shape index (κ1) is 25.2. The fourth-order valence-electron chi connectivity index (χ4n) is 3.10. The third-order valence-corrected chi connectivity index (χ3v) is 5.03. The maximum absolute atomic E-state index is 11.3. The number of ether oxygens (including phenoxy) is 2. The number of benzene rings is 2. The predicted molar refractivity (Wildman–Crippen MR) is 112 cm³/mol.